The van der Waals surface area contributed by atoms with Crippen LogP contribution in [0.3, 0.4) is 0 Å². The van der Waals surface area contributed by atoms with E-state index < -0.39 is 0 Å². The van der Waals surface area contributed by atoms with Gasteiger partial charge in [0.15, 0.2) is 6.61 Å². The molecule has 4 rings (SSSR count). The van der Waals surface area contributed by atoms with Crippen LogP contribution in [-0.4, -0.2) is 53.6 Å². The monoisotopic (exact) mass is 431 g/mol. The summed E-state index contributed by atoms with van der Waals surface area (Å²) in [6, 6.07) is 17.9. The fraction of sp³-hybridized carbons (Fsp3) is 0.320. The number of amides is 1. The lowest BCUT2D eigenvalue weighted by molar-refractivity contribution is -0.133. The number of nitrogens with zero attached hydrogens (tertiary/aromatic N) is 4. The van der Waals surface area contributed by atoms with E-state index in [-0.39, 0.29) is 12.5 Å². The number of benzene rings is 2. The molecular weight excluding hydrogens is 402 g/mol. The van der Waals surface area contributed by atoms with Crippen LogP contribution in [0.4, 0.5) is 17.5 Å². The number of carbonyl (C=O) groups excluding carboxylic acids is 1. The highest BCUT2D eigenvalue weighted by molar-refractivity contribution is 5.78. The molecule has 2 heterocycles. The van der Waals surface area contributed by atoms with Crippen LogP contribution in [0.5, 0.6) is 5.75 Å². The molecule has 1 aliphatic heterocycles. The summed E-state index contributed by atoms with van der Waals surface area (Å²) in [5.41, 5.74) is 4.09. The number of piperazine rings is 1. The van der Waals surface area contributed by atoms with Crippen molar-refractivity contribution in [1.82, 2.24) is 14.9 Å². The fourth-order valence-corrected chi connectivity index (χ4v) is 3.67. The quantitative estimate of drug-likeness (QED) is 0.639. The first-order valence-electron chi connectivity index (χ1n) is 10.9. The summed E-state index contributed by atoms with van der Waals surface area (Å²) in [5, 5.41) is 3.29. The van der Waals surface area contributed by atoms with E-state index in [2.05, 4.69) is 34.3 Å². The molecule has 0 unspecified atom stereocenters. The second-order valence-electron chi connectivity index (χ2n) is 8.10. The Morgan fingerprint density at radius 3 is 2.41 bits per heavy atom. The van der Waals surface area contributed by atoms with Crippen molar-refractivity contribution < 1.29 is 9.53 Å². The Hall–Kier alpha value is -3.61. The van der Waals surface area contributed by atoms with Gasteiger partial charge in [0.25, 0.3) is 5.91 Å². The molecule has 2 aromatic carbocycles. The van der Waals surface area contributed by atoms with Gasteiger partial charge < -0.3 is 19.9 Å². The Balaban J connectivity index is 1.34. The van der Waals surface area contributed by atoms with Gasteiger partial charge in [-0.2, -0.15) is 4.98 Å². The second kappa shape index (κ2) is 9.68. The molecule has 7 heteroatoms. The summed E-state index contributed by atoms with van der Waals surface area (Å²) in [5.74, 6) is 2.21. The van der Waals surface area contributed by atoms with Crippen LogP contribution >= 0.6 is 0 Å². The number of ether oxygens (including phenoxy) is 1. The number of para-hydroxylation sites is 1. The molecule has 0 spiro atoms. The average molecular weight is 432 g/mol. The predicted molar refractivity (Wildman–Crippen MR) is 127 cm³/mol. The van der Waals surface area contributed by atoms with Crippen molar-refractivity contribution in [3.05, 3.63) is 71.4 Å². The van der Waals surface area contributed by atoms with Crippen LogP contribution in [0.2, 0.25) is 0 Å². The Morgan fingerprint density at radius 2 is 1.69 bits per heavy atom. The first-order chi connectivity index (χ1) is 15.5. The SMILES string of the molecule is Cc1ccc(Nc2nc(C)cc(N3CCN(C(=O)COc4ccccc4C)CC3)n2)cc1. The molecule has 166 valence electrons. The Bertz CT molecular complexity index is 1080. The number of aromatic nitrogens is 2. The van der Waals surface area contributed by atoms with Gasteiger partial charge in [0.1, 0.15) is 11.6 Å². The molecule has 0 saturated carbocycles. The molecule has 1 saturated heterocycles. The lowest BCUT2D eigenvalue weighted by Gasteiger charge is -2.35. The zero-order valence-electron chi connectivity index (χ0n) is 18.8. The van der Waals surface area contributed by atoms with Crippen molar-refractivity contribution in [1.29, 1.82) is 0 Å². The number of aryl methyl sites for hydroxylation is 3. The van der Waals surface area contributed by atoms with Crippen LogP contribution in [-0.2, 0) is 4.79 Å². The maximum Gasteiger partial charge on any atom is 0.260 e. The number of hydrogen-bond acceptors (Lipinski definition) is 6. The minimum atomic E-state index is 0.00787. The van der Waals surface area contributed by atoms with Crippen molar-refractivity contribution in [2.24, 2.45) is 0 Å². The predicted octanol–water partition coefficient (Wildman–Crippen LogP) is 3.87. The number of hydrogen-bond donors (Lipinski definition) is 1. The van der Waals surface area contributed by atoms with E-state index in [0.29, 0.717) is 19.0 Å². The zero-order chi connectivity index (χ0) is 22.5. The van der Waals surface area contributed by atoms with Crippen LogP contribution in [0.15, 0.2) is 54.6 Å². The van der Waals surface area contributed by atoms with E-state index >= 15 is 0 Å². The zero-order valence-corrected chi connectivity index (χ0v) is 18.8. The molecule has 0 aliphatic carbocycles. The van der Waals surface area contributed by atoms with E-state index in [1.165, 1.54) is 5.56 Å². The van der Waals surface area contributed by atoms with Gasteiger partial charge >= 0.3 is 0 Å². The van der Waals surface area contributed by atoms with Gasteiger partial charge in [-0.3, -0.25) is 4.79 Å². The first kappa shape index (κ1) is 21.6. The topological polar surface area (TPSA) is 70.6 Å². The highest BCUT2D eigenvalue weighted by Gasteiger charge is 2.23. The van der Waals surface area contributed by atoms with E-state index in [0.717, 1.165) is 41.6 Å². The van der Waals surface area contributed by atoms with Crippen LogP contribution in [0, 0.1) is 20.8 Å². The largest absolute Gasteiger partial charge is 0.484 e. The Kier molecular flexibility index (Phi) is 6.54. The van der Waals surface area contributed by atoms with Crippen molar-refractivity contribution in [2.75, 3.05) is 43.0 Å². The molecule has 32 heavy (non-hydrogen) atoms. The molecule has 0 atom stereocenters. The number of nitrogens with one attached hydrogen (secondary N) is 1. The third-order valence-corrected chi connectivity index (χ3v) is 5.55. The Labute approximate surface area is 189 Å². The molecule has 0 radical (unpaired) electrons. The lowest BCUT2D eigenvalue weighted by Crippen LogP contribution is -2.50. The van der Waals surface area contributed by atoms with E-state index in [4.69, 9.17) is 9.72 Å². The van der Waals surface area contributed by atoms with Crippen molar-refractivity contribution in [3.63, 3.8) is 0 Å². The van der Waals surface area contributed by atoms with E-state index in [9.17, 15) is 4.79 Å². The normalized spacial score (nSPS) is 13.7. The number of anilines is 3. The van der Waals surface area contributed by atoms with Crippen molar-refractivity contribution in [3.8, 4) is 5.75 Å². The molecule has 1 aliphatic rings. The summed E-state index contributed by atoms with van der Waals surface area (Å²) >= 11 is 0. The molecule has 0 bridgehead atoms. The van der Waals surface area contributed by atoms with Crippen molar-refractivity contribution in [2.45, 2.75) is 20.8 Å². The van der Waals surface area contributed by atoms with Crippen LogP contribution < -0.4 is 15.0 Å². The molecule has 1 fully saturated rings. The van der Waals surface area contributed by atoms with Crippen molar-refractivity contribution >= 4 is 23.4 Å². The molecule has 1 N–H and O–H groups in total. The molecular formula is C25H29N5O2. The number of rotatable bonds is 6. The van der Waals surface area contributed by atoms with Gasteiger partial charge in [-0.05, 0) is 44.5 Å². The van der Waals surface area contributed by atoms with Gasteiger partial charge in [-0.25, -0.2) is 4.98 Å². The summed E-state index contributed by atoms with van der Waals surface area (Å²) in [4.78, 5) is 25.9. The molecule has 1 amide bonds. The third kappa shape index (κ3) is 5.35. The smallest absolute Gasteiger partial charge is 0.260 e. The van der Waals surface area contributed by atoms with Gasteiger partial charge in [0.05, 0.1) is 0 Å². The fourth-order valence-electron chi connectivity index (χ4n) is 3.67. The lowest BCUT2D eigenvalue weighted by atomic mass is 10.2. The summed E-state index contributed by atoms with van der Waals surface area (Å²) in [6.07, 6.45) is 0. The minimum absolute atomic E-state index is 0.00787. The number of carbonyl (C=O) groups is 1. The summed E-state index contributed by atoms with van der Waals surface area (Å²) in [6.45, 7) is 8.78. The van der Waals surface area contributed by atoms with Gasteiger partial charge in [0.2, 0.25) is 5.95 Å². The van der Waals surface area contributed by atoms with Gasteiger partial charge in [0, 0.05) is 43.6 Å². The molecule has 7 nitrogen and oxygen atoms in total. The Morgan fingerprint density at radius 1 is 0.969 bits per heavy atom. The van der Waals surface area contributed by atoms with Crippen LogP contribution in [0.1, 0.15) is 16.8 Å². The van der Waals surface area contributed by atoms with Gasteiger partial charge in [-0.15, -0.1) is 0 Å². The highest BCUT2D eigenvalue weighted by atomic mass is 16.5. The maximum absolute atomic E-state index is 12.6. The first-order valence-corrected chi connectivity index (χ1v) is 10.9. The molecule has 3 aromatic rings. The summed E-state index contributed by atoms with van der Waals surface area (Å²) in [7, 11) is 0. The van der Waals surface area contributed by atoms with E-state index in [1.807, 2.05) is 61.2 Å². The standard InChI is InChI=1S/C25H29N5O2/c1-18-8-10-21(11-9-18)27-25-26-20(3)16-23(28-25)29-12-14-30(15-13-29)24(31)17-32-22-7-5-4-6-19(22)2/h4-11,16H,12-15,17H2,1-3H3,(H,26,27,28). The van der Waals surface area contributed by atoms with Crippen LogP contribution in [0.25, 0.3) is 0 Å². The third-order valence-electron chi connectivity index (χ3n) is 5.55. The highest BCUT2D eigenvalue weighted by Crippen LogP contribution is 2.20. The van der Waals surface area contributed by atoms with E-state index in [1.54, 1.807) is 0 Å². The maximum atomic E-state index is 12.6. The minimum Gasteiger partial charge on any atom is -0.484 e. The summed E-state index contributed by atoms with van der Waals surface area (Å²) < 4.78 is 5.72. The molecule has 1 aromatic heterocycles. The van der Waals surface area contributed by atoms with Gasteiger partial charge in [-0.1, -0.05) is 35.9 Å². The second-order valence-corrected chi connectivity index (χ2v) is 8.10. The average Bonchev–Trinajstić information content (AvgIpc) is 2.79.